The van der Waals surface area contributed by atoms with Crippen LogP contribution in [0.4, 0.5) is 27.7 Å². The second-order valence-electron chi connectivity index (χ2n) is 10.7. The minimum Gasteiger partial charge on any atom is -0.378 e. The van der Waals surface area contributed by atoms with Crippen molar-refractivity contribution < 1.29 is 17.5 Å². The molecule has 11 heteroatoms. The van der Waals surface area contributed by atoms with Crippen molar-refractivity contribution in [3.05, 3.63) is 42.2 Å². The Balaban J connectivity index is 1.41. The summed E-state index contributed by atoms with van der Waals surface area (Å²) in [6, 6.07) is 7.89. The molecule has 0 bridgehead atoms. The molecule has 2 fully saturated rings. The van der Waals surface area contributed by atoms with Gasteiger partial charge in [0, 0.05) is 55.5 Å². The second kappa shape index (κ2) is 10.8. The van der Waals surface area contributed by atoms with Crippen molar-refractivity contribution in [3.63, 3.8) is 0 Å². The van der Waals surface area contributed by atoms with Crippen LogP contribution in [0.3, 0.4) is 0 Å². The van der Waals surface area contributed by atoms with Crippen molar-refractivity contribution in [2.24, 2.45) is 0 Å². The molecule has 5 rings (SSSR count). The molecule has 0 spiro atoms. The molecule has 3 aromatic rings. The SMILES string of the molecule is CCS(=O)(=O)[C@H]1CN(c2ccc(C(C)C)c3cc(Nc4ccnc(N5CC[C@@H](OC)[C@@H](F)C5)n4)ncc23)[C@@H]1C. The normalized spacial score (nSPS) is 23.8. The average molecular weight is 557 g/mol. The van der Waals surface area contributed by atoms with Gasteiger partial charge in [-0.05, 0) is 48.4 Å². The van der Waals surface area contributed by atoms with Gasteiger partial charge in [-0.15, -0.1) is 0 Å². The van der Waals surface area contributed by atoms with E-state index in [2.05, 4.69) is 51.1 Å². The number of nitrogens with one attached hydrogen (secondary N) is 1. The number of pyridine rings is 1. The monoisotopic (exact) mass is 556 g/mol. The maximum absolute atomic E-state index is 14.4. The number of fused-ring (bicyclic) bond motifs is 1. The van der Waals surface area contributed by atoms with Crippen LogP contribution in [0, 0.1) is 0 Å². The highest BCUT2D eigenvalue weighted by molar-refractivity contribution is 7.92. The molecule has 39 heavy (non-hydrogen) atoms. The Labute approximate surface area is 229 Å². The number of piperidine rings is 1. The summed E-state index contributed by atoms with van der Waals surface area (Å²) < 4.78 is 44.6. The number of anilines is 4. The van der Waals surface area contributed by atoms with E-state index in [0.717, 1.165) is 16.5 Å². The zero-order chi connectivity index (χ0) is 27.9. The molecule has 2 aliphatic heterocycles. The van der Waals surface area contributed by atoms with Crippen LogP contribution in [0.15, 0.2) is 36.7 Å². The molecule has 4 heterocycles. The van der Waals surface area contributed by atoms with Crippen molar-refractivity contribution in [2.75, 3.05) is 47.6 Å². The number of alkyl halides is 1. The third-order valence-electron chi connectivity index (χ3n) is 8.08. The van der Waals surface area contributed by atoms with Crippen molar-refractivity contribution in [3.8, 4) is 0 Å². The number of rotatable bonds is 8. The number of methoxy groups -OCH3 is 1. The Morgan fingerprint density at radius 2 is 1.95 bits per heavy atom. The van der Waals surface area contributed by atoms with Crippen molar-refractivity contribution in [2.45, 2.75) is 63.6 Å². The largest absolute Gasteiger partial charge is 0.378 e. The highest BCUT2D eigenvalue weighted by atomic mass is 32.2. The lowest BCUT2D eigenvalue weighted by Gasteiger charge is -2.47. The maximum Gasteiger partial charge on any atom is 0.227 e. The molecule has 0 saturated carbocycles. The maximum atomic E-state index is 14.4. The lowest BCUT2D eigenvalue weighted by Crippen LogP contribution is -2.62. The van der Waals surface area contributed by atoms with Crippen LogP contribution < -0.4 is 15.1 Å². The molecule has 0 radical (unpaired) electrons. The van der Waals surface area contributed by atoms with Gasteiger partial charge in [0.1, 0.15) is 17.8 Å². The van der Waals surface area contributed by atoms with Crippen molar-refractivity contribution in [1.29, 1.82) is 0 Å². The molecule has 2 saturated heterocycles. The zero-order valence-corrected chi connectivity index (χ0v) is 23.9. The molecule has 0 unspecified atom stereocenters. The predicted octanol–water partition coefficient (Wildman–Crippen LogP) is 4.47. The van der Waals surface area contributed by atoms with E-state index in [1.807, 2.05) is 24.1 Å². The number of nitrogens with zero attached hydrogens (tertiary/aromatic N) is 5. The number of benzene rings is 1. The number of aromatic nitrogens is 3. The van der Waals surface area contributed by atoms with E-state index in [1.54, 1.807) is 19.2 Å². The molecule has 210 valence electrons. The highest BCUT2D eigenvalue weighted by Gasteiger charge is 2.44. The van der Waals surface area contributed by atoms with Gasteiger partial charge in [0.2, 0.25) is 5.95 Å². The van der Waals surface area contributed by atoms with Crippen LogP contribution in [-0.4, -0.2) is 79.4 Å². The summed E-state index contributed by atoms with van der Waals surface area (Å²) in [6.07, 6.45) is 2.59. The summed E-state index contributed by atoms with van der Waals surface area (Å²) in [5, 5.41) is 4.99. The summed E-state index contributed by atoms with van der Waals surface area (Å²) in [5.74, 6) is 2.11. The summed E-state index contributed by atoms with van der Waals surface area (Å²) in [5.41, 5.74) is 2.18. The lowest BCUT2D eigenvalue weighted by atomic mass is 9.93. The van der Waals surface area contributed by atoms with Gasteiger partial charge in [-0.25, -0.2) is 22.8 Å². The van der Waals surface area contributed by atoms with Crippen LogP contribution in [0.1, 0.15) is 45.6 Å². The standard InChI is InChI=1S/C28H37FN6O3S/c1-6-39(36,37)25-16-35(18(25)4)23-8-7-19(17(2)3)20-13-27(31-14-21(20)23)32-26-9-11-30-28(33-26)34-12-10-24(38-5)22(29)15-34/h7-9,11,13-14,17-18,22,24-25H,6,10,12,15-16H2,1-5H3,(H,30,31,32,33)/t18-,22+,24-,25+/m1/s1. The van der Waals surface area contributed by atoms with Crippen LogP contribution >= 0.6 is 0 Å². The number of halogens is 1. The van der Waals surface area contributed by atoms with Crippen LogP contribution in [0.25, 0.3) is 10.8 Å². The summed E-state index contributed by atoms with van der Waals surface area (Å²) >= 11 is 0. The first-order valence-electron chi connectivity index (χ1n) is 13.6. The molecule has 1 aromatic carbocycles. The molecule has 2 aromatic heterocycles. The average Bonchev–Trinajstić information content (AvgIpc) is 2.92. The third kappa shape index (κ3) is 5.26. The van der Waals surface area contributed by atoms with Crippen molar-refractivity contribution >= 4 is 43.9 Å². The molecule has 1 N–H and O–H groups in total. The van der Waals surface area contributed by atoms with Crippen LogP contribution in [-0.2, 0) is 14.6 Å². The Kier molecular flexibility index (Phi) is 7.65. The number of hydrogen-bond acceptors (Lipinski definition) is 9. The third-order valence-corrected chi connectivity index (χ3v) is 10.3. The Hall–Kier alpha value is -3.05. The second-order valence-corrected chi connectivity index (χ2v) is 13.2. The number of ether oxygens (including phenoxy) is 1. The fraction of sp³-hybridized carbons (Fsp3) is 0.536. The number of hydrogen-bond donors (Lipinski definition) is 1. The summed E-state index contributed by atoms with van der Waals surface area (Å²) in [6.45, 7) is 9.27. The van der Waals surface area contributed by atoms with E-state index in [1.165, 1.54) is 12.7 Å². The van der Waals surface area contributed by atoms with Gasteiger partial charge in [0.15, 0.2) is 9.84 Å². The minimum atomic E-state index is -3.10. The molecular formula is C28H37FN6O3S. The van der Waals surface area contributed by atoms with E-state index in [9.17, 15) is 12.8 Å². The minimum absolute atomic E-state index is 0.0989. The summed E-state index contributed by atoms with van der Waals surface area (Å²) in [7, 11) is -1.56. The Morgan fingerprint density at radius 1 is 1.15 bits per heavy atom. The highest BCUT2D eigenvalue weighted by Crippen LogP contribution is 2.39. The fourth-order valence-electron chi connectivity index (χ4n) is 5.62. The first-order valence-corrected chi connectivity index (χ1v) is 15.3. The smallest absolute Gasteiger partial charge is 0.227 e. The molecule has 2 aliphatic rings. The first-order chi connectivity index (χ1) is 18.6. The van der Waals surface area contributed by atoms with E-state index < -0.39 is 22.1 Å². The summed E-state index contributed by atoms with van der Waals surface area (Å²) in [4.78, 5) is 17.7. The van der Waals surface area contributed by atoms with Gasteiger partial charge in [-0.1, -0.05) is 26.8 Å². The number of sulfone groups is 1. The fourth-order valence-corrected chi connectivity index (χ4v) is 7.18. The van der Waals surface area contributed by atoms with Crippen LogP contribution in [0.2, 0.25) is 0 Å². The van der Waals surface area contributed by atoms with Gasteiger partial charge in [0.25, 0.3) is 0 Å². The van der Waals surface area contributed by atoms with E-state index in [-0.39, 0.29) is 29.5 Å². The molecule has 0 amide bonds. The van der Waals surface area contributed by atoms with Gasteiger partial charge < -0.3 is 19.9 Å². The lowest BCUT2D eigenvalue weighted by molar-refractivity contribution is 0.0194. The van der Waals surface area contributed by atoms with Crippen LogP contribution in [0.5, 0.6) is 0 Å². The molecule has 4 atom stereocenters. The Morgan fingerprint density at radius 3 is 2.62 bits per heavy atom. The zero-order valence-electron chi connectivity index (χ0n) is 23.1. The quantitative estimate of drug-likeness (QED) is 0.431. The molecule has 0 aliphatic carbocycles. The van der Waals surface area contributed by atoms with E-state index in [4.69, 9.17) is 4.74 Å². The van der Waals surface area contributed by atoms with Crippen molar-refractivity contribution in [1.82, 2.24) is 15.0 Å². The van der Waals surface area contributed by atoms with Gasteiger partial charge in [0.05, 0.1) is 17.9 Å². The van der Waals surface area contributed by atoms with Gasteiger partial charge >= 0.3 is 0 Å². The first kappa shape index (κ1) is 27.5. The predicted molar refractivity (Wildman–Crippen MR) is 154 cm³/mol. The van der Waals surface area contributed by atoms with E-state index >= 15 is 0 Å². The topological polar surface area (TPSA) is 101 Å². The van der Waals surface area contributed by atoms with E-state index in [0.29, 0.717) is 37.1 Å². The van der Waals surface area contributed by atoms with Gasteiger partial charge in [-0.3, -0.25) is 0 Å². The Bertz CT molecular complexity index is 1450. The molecular weight excluding hydrogens is 519 g/mol. The van der Waals surface area contributed by atoms with Gasteiger partial charge in [-0.2, -0.15) is 4.98 Å². The molecule has 9 nitrogen and oxygen atoms in total.